The Bertz CT molecular complexity index is 1330. The van der Waals surface area contributed by atoms with Crippen LogP contribution in [0.3, 0.4) is 0 Å². The molecule has 0 radical (unpaired) electrons. The van der Waals surface area contributed by atoms with Crippen LogP contribution in [0.25, 0.3) is 11.4 Å². The lowest BCUT2D eigenvalue weighted by Crippen LogP contribution is -2.56. The van der Waals surface area contributed by atoms with Gasteiger partial charge in [-0.15, -0.1) is 0 Å². The number of aliphatic hydroxyl groups excluding tert-OH is 2. The van der Waals surface area contributed by atoms with Crippen molar-refractivity contribution in [3.63, 3.8) is 0 Å². The number of hydrogen-bond acceptors (Lipinski definition) is 9. The van der Waals surface area contributed by atoms with Crippen molar-refractivity contribution >= 4 is 23.4 Å². The molecule has 3 aromatic rings. The van der Waals surface area contributed by atoms with E-state index in [0.717, 1.165) is 25.1 Å². The van der Waals surface area contributed by atoms with Crippen molar-refractivity contribution in [2.75, 3.05) is 41.4 Å². The third kappa shape index (κ3) is 5.31. The zero-order chi connectivity index (χ0) is 26.9. The van der Waals surface area contributed by atoms with Gasteiger partial charge in [-0.2, -0.15) is 18.2 Å². The van der Waals surface area contributed by atoms with Crippen molar-refractivity contribution in [2.24, 2.45) is 0 Å². The van der Waals surface area contributed by atoms with E-state index in [1.807, 2.05) is 0 Å². The molecule has 3 N–H and O–H groups in total. The van der Waals surface area contributed by atoms with Crippen LogP contribution in [0, 0.1) is 0 Å². The number of fused-ring (bicyclic) bond motifs is 4. The summed E-state index contributed by atoms with van der Waals surface area (Å²) in [5.74, 6) is 0.462. The minimum absolute atomic E-state index is 0.0346. The number of anilines is 3. The van der Waals surface area contributed by atoms with E-state index >= 15 is 0 Å². The molecule has 2 amide bonds. The highest BCUT2D eigenvalue weighted by molar-refractivity contribution is 6.04. The summed E-state index contributed by atoms with van der Waals surface area (Å²) in [6, 6.07) is 3.95. The second-order valence-electron chi connectivity index (χ2n) is 8.91. The summed E-state index contributed by atoms with van der Waals surface area (Å²) in [6.07, 6.45) is 0.0667. The average Bonchev–Trinajstić information content (AvgIpc) is 2.91. The number of aliphatic hydroxyl groups is 2. The van der Waals surface area contributed by atoms with E-state index < -0.39 is 30.5 Å². The summed E-state index contributed by atoms with van der Waals surface area (Å²) >= 11 is 0. The van der Waals surface area contributed by atoms with Crippen molar-refractivity contribution in [1.82, 2.24) is 19.9 Å². The predicted octanol–water partition coefficient (Wildman–Crippen LogP) is 2.71. The van der Waals surface area contributed by atoms with E-state index in [1.165, 1.54) is 35.6 Å². The van der Waals surface area contributed by atoms with Gasteiger partial charge in [-0.3, -0.25) is 15.2 Å². The van der Waals surface area contributed by atoms with Gasteiger partial charge in [0.1, 0.15) is 12.7 Å². The van der Waals surface area contributed by atoms with Crippen LogP contribution in [0.1, 0.15) is 18.4 Å². The molecule has 2 aromatic heterocycles. The number of nitrogens with zero attached hydrogens (tertiary/aromatic N) is 6. The van der Waals surface area contributed by atoms with E-state index in [2.05, 4.69) is 30.2 Å². The maximum Gasteiger partial charge on any atom is 0.416 e. The largest absolute Gasteiger partial charge is 0.474 e. The second kappa shape index (κ2) is 10.4. The Labute approximate surface area is 214 Å². The van der Waals surface area contributed by atoms with Crippen LogP contribution in [0.15, 0.2) is 42.9 Å². The third-order valence-corrected chi connectivity index (χ3v) is 6.23. The maximum absolute atomic E-state index is 13.5. The van der Waals surface area contributed by atoms with Crippen molar-refractivity contribution in [3.05, 3.63) is 48.4 Å². The molecule has 2 bridgehead atoms. The molecule has 11 nitrogen and oxygen atoms in total. The number of urea groups is 1. The van der Waals surface area contributed by atoms with E-state index in [9.17, 15) is 23.1 Å². The number of alkyl halides is 3. The number of hydrogen-bond donors (Lipinski definition) is 3. The Kier molecular flexibility index (Phi) is 6.99. The molecule has 1 fully saturated rings. The van der Waals surface area contributed by atoms with Crippen molar-refractivity contribution < 1.29 is 32.9 Å². The van der Waals surface area contributed by atoms with Gasteiger partial charge >= 0.3 is 12.2 Å². The molecule has 2 aliphatic rings. The average molecular weight is 531 g/mol. The second-order valence-corrected chi connectivity index (χ2v) is 8.91. The first kappa shape index (κ1) is 25.6. The normalized spacial score (nSPS) is 17.6. The Morgan fingerprint density at radius 3 is 2.87 bits per heavy atom. The highest BCUT2D eigenvalue weighted by atomic mass is 19.4. The van der Waals surface area contributed by atoms with Crippen molar-refractivity contribution in [3.8, 4) is 17.3 Å². The number of rotatable bonds is 6. The smallest absolute Gasteiger partial charge is 0.416 e. The lowest BCUT2D eigenvalue weighted by atomic mass is 10.0. The number of nitrogens with one attached hydrogen (secondary N) is 1. The van der Waals surface area contributed by atoms with E-state index in [4.69, 9.17) is 9.84 Å². The zero-order valence-corrected chi connectivity index (χ0v) is 20.0. The van der Waals surface area contributed by atoms with Gasteiger partial charge in [0.2, 0.25) is 5.88 Å². The summed E-state index contributed by atoms with van der Waals surface area (Å²) in [5.41, 5.74) is -0.0405. The Morgan fingerprint density at radius 1 is 1.24 bits per heavy atom. The molecule has 0 saturated carbocycles. The topological polar surface area (TPSA) is 137 Å². The molecule has 1 aromatic carbocycles. The number of piperidine rings is 1. The fourth-order valence-electron chi connectivity index (χ4n) is 4.44. The summed E-state index contributed by atoms with van der Waals surface area (Å²) in [6.45, 7) is 0.604. The number of aromatic nitrogens is 4. The van der Waals surface area contributed by atoms with Gasteiger partial charge in [0.15, 0.2) is 17.5 Å². The van der Waals surface area contributed by atoms with Gasteiger partial charge in [-0.25, -0.2) is 14.8 Å². The zero-order valence-electron chi connectivity index (χ0n) is 20.0. The highest BCUT2D eigenvalue weighted by Crippen LogP contribution is 2.39. The molecule has 2 aliphatic heterocycles. The first-order valence-corrected chi connectivity index (χ1v) is 11.9. The number of ether oxygens (including phenoxy) is 1. The van der Waals surface area contributed by atoms with Gasteiger partial charge < -0.3 is 19.8 Å². The minimum atomic E-state index is -4.52. The van der Waals surface area contributed by atoms with Crippen LogP contribution >= 0.6 is 0 Å². The number of carbonyl (C=O) groups excluding carboxylic acids is 1. The van der Waals surface area contributed by atoms with Gasteiger partial charge in [0.25, 0.3) is 0 Å². The number of benzene rings is 1. The van der Waals surface area contributed by atoms with Crippen LogP contribution in [-0.2, 0) is 6.18 Å². The number of carbonyl (C=O) groups is 1. The molecule has 200 valence electrons. The minimum Gasteiger partial charge on any atom is -0.474 e. The Hall–Kier alpha value is -4.04. The Morgan fingerprint density at radius 2 is 2.08 bits per heavy atom. The summed E-state index contributed by atoms with van der Waals surface area (Å²) < 4.78 is 45.1. The Balaban J connectivity index is 1.44. The molecule has 38 heavy (non-hydrogen) atoms. The number of halogens is 3. The summed E-state index contributed by atoms with van der Waals surface area (Å²) in [5, 5.41) is 21.1. The SMILES string of the molecule is O=C(Nc1cncc(OC[C@H](O)CO)n1)N1c2nc(-c3cccc(C(F)(F)F)c3)ncc2N2CCC[C@H]1C2. The first-order chi connectivity index (χ1) is 18.2. The molecule has 1 saturated heterocycles. The molecular weight excluding hydrogens is 507 g/mol. The van der Waals surface area contributed by atoms with E-state index in [-0.39, 0.29) is 41.6 Å². The lowest BCUT2D eigenvalue weighted by molar-refractivity contribution is -0.137. The summed E-state index contributed by atoms with van der Waals surface area (Å²) in [4.78, 5) is 34.0. The molecule has 0 aliphatic carbocycles. The van der Waals surface area contributed by atoms with Gasteiger partial charge in [-0.05, 0) is 25.0 Å². The fraction of sp³-hybridized carbons (Fsp3) is 0.375. The molecular formula is C24H24F3N7O4. The highest BCUT2D eigenvalue weighted by Gasteiger charge is 2.39. The molecule has 0 unspecified atom stereocenters. The first-order valence-electron chi connectivity index (χ1n) is 11.9. The van der Waals surface area contributed by atoms with Crippen molar-refractivity contribution in [1.29, 1.82) is 0 Å². The van der Waals surface area contributed by atoms with Gasteiger partial charge in [-0.1, -0.05) is 12.1 Å². The number of amides is 2. The monoisotopic (exact) mass is 531 g/mol. The van der Waals surface area contributed by atoms with E-state index in [1.54, 1.807) is 0 Å². The van der Waals surface area contributed by atoms with Crippen molar-refractivity contribution in [2.45, 2.75) is 31.2 Å². The molecule has 0 spiro atoms. The molecule has 2 atom stereocenters. The fourth-order valence-corrected chi connectivity index (χ4v) is 4.44. The van der Waals surface area contributed by atoms with E-state index in [0.29, 0.717) is 18.7 Å². The van der Waals surface area contributed by atoms with Gasteiger partial charge in [0, 0.05) is 18.7 Å². The van der Waals surface area contributed by atoms with Crippen LogP contribution < -0.4 is 19.9 Å². The maximum atomic E-state index is 13.5. The van der Waals surface area contributed by atoms with Gasteiger partial charge in [0.05, 0.1) is 42.5 Å². The predicted molar refractivity (Wildman–Crippen MR) is 130 cm³/mol. The quantitative estimate of drug-likeness (QED) is 0.439. The summed E-state index contributed by atoms with van der Waals surface area (Å²) in [7, 11) is 0. The van der Waals surface area contributed by atoms with Crippen LogP contribution in [0.4, 0.5) is 35.3 Å². The van der Waals surface area contributed by atoms with Crippen LogP contribution in [0.5, 0.6) is 5.88 Å². The van der Waals surface area contributed by atoms with Crippen LogP contribution in [-0.4, -0.2) is 74.6 Å². The molecule has 4 heterocycles. The standard InChI is InChI=1S/C24H24F3N7O4/c25-24(26,27)15-4-1-3-14(7-15)21-29-8-18-22(32-21)34(16-5-2-6-33(18)11-16)23(37)31-19-9-28-10-20(30-19)38-13-17(36)12-35/h1,3-4,7-10,16-17,35-36H,2,5-6,11-13H2,(H,30,31,37)/t16-,17+/m0/s1. The van der Waals surface area contributed by atoms with Crippen LogP contribution in [0.2, 0.25) is 0 Å². The third-order valence-electron chi connectivity index (χ3n) is 6.23. The molecule has 14 heteroatoms. The lowest BCUT2D eigenvalue weighted by Gasteiger charge is -2.45. The molecule has 5 rings (SSSR count).